The molecule has 0 atom stereocenters. The number of phenols is 1. The van der Waals surface area contributed by atoms with Crippen molar-refractivity contribution in [3.05, 3.63) is 71.9 Å². The minimum Gasteiger partial charge on any atom is -0.508 e. The molecule has 0 aliphatic rings. The van der Waals surface area contributed by atoms with E-state index in [0.29, 0.717) is 12.4 Å². The molecule has 3 aromatic rings. The summed E-state index contributed by atoms with van der Waals surface area (Å²) >= 11 is 0. The van der Waals surface area contributed by atoms with E-state index in [9.17, 15) is 5.11 Å². The van der Waals surface area contributed by atoms with E-state index in [1.165, 1.54) is 42.6 Å². The Morgan fingerprint density at radius 2 is 1.59 bits per heavy atom. The van der Waals surface area contributed by atoms with Crippen LogP contribution in [-0.2, 0) is 13.0 Å². The number of benzene rings is 2. The monoisotopic (exact) mass is 391 g/mol. The molecule has 0 saturated carbocycles. The van der Waals surface area contributed by atoms with Crippen molar-refractivity contribution < 1.29 is 9.84 Å². The summed E-state index contributed by atoms with van der Waals surface area (Å²) in [4.78, 5) is 0. The van der Waals surface area contributed by atoms with Crippen LogP contribution >= 0.6 is 0 Å². The molecular weight excluding hydrogens is 358 g/mol. The Labute approximate surface area is 175 Å². The molecule has 0 saturated heterocycles. The highest BCUT2D eigenvalue weighted by Crippen LogP contribution is 2.25. The van der Waals surface area contributed by atoms with Crippen LogP contribution in [0.3, 0.4) is 0 Å². The van der Waals surface area contributed by atoms with Gasteiger partial charge in [-0.05, 0) is 85.8 Å². The van der Waals surface area contributed by atoms with Gasteiger partial charge < -0.3 is 14.4 Å². The van der Waals surface area contributed by atoms with Gasteiger partial charge in [-0.15, -0.1) is 0 Å². The van der Waals surface area contributed by atoms with Crippen molar-refractivity contribution in [2.45, 2.75) is 58.9 Å². The summed E-state index contributed by atoms with van der Waals surface area (Å²) in [6, 6.07) is 20.2. The van der Waals surface area contributed by atoms with Gasteiger partial charge in [-0.1, -0.05) is 38.3 Å². The Balaban J connectivity index is 1.47. The average Bonchev–Trinajstić information content (AvgIpc) is 3.10. The van der Waals surface area contributed by atoms with Gasteiger partial charge in [0.25, 0.3) is 0 Å². The van der Waals surface area contributed by atoms with Crippen LogP contribution < -0.4 is 4.74 Å². The third-order valence-electron chi connectivity index (χ3n) is 5.40. The number of ether oxygens (including phenoxy) is 1. The SMILES string of the molecule is CCCCCCc1ccc(OCCCn2c(C)ccc2-c2ccc(O)cc2)cc1. The number of aromatic nitrogens is 1. The zero-order valence-corrected chi connectivity index (χ0v) is 17.7. The predicted molar refractivity (Wildman–Crippen MR) is 121 cm³/mol. The molecule has 0 aliphatic carbocycles. The predicted octanol–water partition coefficient (Wildman–Crippen LogP) is 6.76. The van der Waals surface area contributed by atoms with Crippen LogP contribution in [0.25, 0.3) is 11.3 Å². The van der Waals surface area contributed by atoms with Crippen LogP contribution in [0.4, 0.5) is 0 Å². The van der Waals surface area contributed by atoms with Gasteiger partial charge in [0.1, 0.15) is 11.5 Å². The van der Waals surface area contributed by atoms with E-state index in [1.807, 2.05) is 12.1 Å². The maximum Gasteiger partial charge on any atom is 0.119 e. The molecule has 0 bridgehead atoms. The first-order valence-electron chi connectivity index (χ1n) is 10.8. The second kappa shape index (κ2) is 10.8. The van der Waals surface area contributed by atoms with Gasteiger partial charge in [0.05, 0.1) is 6.61 Å². The van der Waals surface area contributed by atoms with Gasteiger partial charge in [-0.25, -0.2) is 0 Å². The minimum atomic E-state index is 0.295. The largest absolute Gasteiger partial charge is 0.508 e. The number of unbranched alkanes of at least 4 members (excludes halogenated alkanes) is 3. The lowest BCUT2D eigenvalue weighted by molar-refractivity contribution is 0.301. The summed E-state index contributed by atoms with van der Waals surface area (Å²) < 4.78 is 8.27. The maximum atomic E-state index is 9.52. The lowest BCUT2D eigenvalue weighted by Gasteiger charge is -2.13. The van der Waals surface area contributed by atoms with Crippen molar-refractivity contribution in [3.63, 3.8) is 0 Å². The number of rotatable bonds is 11. The average molecular weight is 392 g/mol. The second-order valence-electron chi connectivity index (χ2n) is 7.72. The Morgan fingerprint density at radius 3 is 2.31 bits per heavy atom. The molecule has 0 aliphatic heterocycles. The van der Waals surface area contributed by atoms with Crippen molar-refractivity contribution in [2.75, 3.05) is 6.61 Å². The van der Waals surface area contributed by atoms with Crippen molar-refractivity contribution in [1.82, 2.24) is 4.57 Å². The molecule has 0 fully saturated rings. The van der Waals surface area contributed by atoms with Crippen LogP contribution in [0.1, 0.15) is 50.3 Å². The summed E-state index contributed by atoms with van der Waals surface area (Å²) in [7, 11) is 0. The molecule has 0 unspecified atom stereocenters. The third kappa shape index (κ3) is 6.15. The fraction of sp³-hybridized carbons (Fsp3) is 0.385. The van der Waals surface area contributed by atoms with Crippen LogP contribution in [0.15, 0.2) is 60.7 Å². The van der Waals surface area contributed by atoms with Gasteiger partial charge in [0.15, 0.2) is 0 Å². The molecule has 1 N–H and O–H groups in total. The van der Waals surface area contributed by atoms with E-state index in [2.05, 4.69) is 54.8 Å². The van der Waals surface area contributed by atoms with Crippen molar-refractivity contribution in [1.29, 1.82) is 0 Å². The zero-order chi connectivity index (χ0) is 20.5. The molecule has 2 aromatic carbocycles. The number of hydrogen-bond donors (Lipinski definition) is 1. The van der Waals surface area contributed by atoms with Crippen LogP contribution in [0.5, 0.6) is 11.5 Å². The highest BCUT2D eigenvalue weighted by molar-refractivity contribution is 5.61. The molecule has 0 amide bonds. The molecule has 3 heteroatoms. The lowest BCUT2D eigenvalue weighted by atomic mass is 10.1. The Kier molecular flexibility index (Phi) is 7.80. The summed E-state index contributed by atoms with van der Waals surface area (Å²) in [5.74, 6) is 1.24. The van der Waals surface area contributed by atoms with Crippen LogP contribution in [0.2, 0.25) is 0 Å². The van der Waals surface area contributed by atoms with Gasteiger partial charge in [-0.3, -0.25) is 0 Å². The number of aryl methyl sites for hydroxylation is 2. The second-order valence-corrected chi connectivity index (χ2v) is 7.72. The number of phenolic OH excluding ortho intramolecular Hbond substituents is 1. The quantitative estimate of drug-likeness (QED) is 0.366. The maximum absolute atomic E-state index is 9.52. The minimum absolute atomic E-state index is 0.295. The molecule has 1 heterocycles. The van der Waals surface area contributed by atoms with Gasteiger partial charge in [-0.2, -0.15) is 0 Å². The fourth-order valence-electron chi connectivity index (χ4n) is 3.67. The molecule has 3 nitrogen and oxygen atoms in total. The normalized spacial score (nSPS) is 11.0. The van der Waals surface area contributed by atoms with E-state index >= 15 is 0 Å². The summed E-state index contributed by atoms with van der Waals surface area (Å²) in [6.07, 6.45) is 7.31. The summed E-state index contributed by atoms with van der Waals surface area (Å²) in [6.45, 7) is 5.98. The third-order valence-corrected chi connectivity index (χ3v) is 5.40. The Morgan fingerprint density at radius 1 is 0.828 bits per heavy atom. The van der Waals surface area contributed by atoms with Crippen molar-refractivity contribution in [3.8, 4) is 22.8 Å². The number of hydrogen-bond acceptors (Lipinski definition) is 2. The van der Waals surface area contributed by atoms with Gasteiger partial charge >= 0.3 is 0 Å². The van der Waals surface area contributed by atoms with Gasteiger partial charge in [0.2, 0.25) is 0 Å². The molecule has 0 radical (unpaired) electrons. The zero-order valence-electron chi connectivity index (χ0n) is 17.7. The fourth-order valence-corrected chi connectivity index (χ4v) is 3.67. The standard InChI is InChI=1S/C26H33NO2/c1-3-4-5-6-8-22-10-16-25(17-11-22)29-20-7-19-27-21(2)9-18-26(27)23-12-14-24(28)15-13-23/h9-18,28H,3-8,19-20H2,1-2H3. The van der Waals surface area contributed by atoms with E-state index in [1.54, 1.807) is 12.1 Å². The van der Waals surface area contributed by atoms with Gasteiger partial charge in [0, 0.05) is 17.9 Å². The van der Waals surface area contributed by atoms with E-state index in [-0.39, 0.29) is 0 Å². The summed E-state index contributed by atoms with van der Waals surface area (Å²) in [5.41, 5.74) is 4.93. The first-order chi connectivity index (χ1) is 14.2. The highest BCUT2D eigenvalue weighted by atomic mass is 16.5. The van der Waals surface area contributed by atoms with E-state index in [4.69, 9.17) is 4.74 Å². The lowest BCUT2D eigenvalue weighted by Crippen LogP contribution is -2.07. The van der Waals surface area contributed by atoms with Crippen molar-refractivity contribution in [2.24, 2.45) is 0 Å². The molecule has 1 aromatic heterocycles. The molecule has 3 rings (SSSR count). The highest BCUT2D eigenvalue weighted by Gasteiger charge is 2.07. The first kappa shape index (κ1) is 21.0. The number of aromatic hydroxyl groups is 1. The molecular formula is C26H33NO2. The molecule has 29 heavy (non-hydrogen) atoms. The Bertz CT molecular complexity index is 863. The topological polar surface area (TPSA) is 34.4 Å². The number of nitrogens with zero attached hydrogens (tertiary/aromatic N) is 1. The van der Waals surface area contributed by atoms with Crippen LogP contribution in [-0.4, -0.2) is 16.3 Å². The van der Waals surface area contributed by atoms with Crippen LogP contribution in [0, 0.1) is 6.92 Å². The van der Waals surface area contributed by atoms with E-state index in [0.717, 1.165) is 30.7 Å². The van der Waals surface area contributed by atoms with Crippen molar-refractivity contribution >= 4 is 0 Å². The first-order valence-corrected chi connectivity index (χ1v) is 10.8. The molecule has 154 valence electrons. The Hall–Kier alpha value is -2.68. The molecule has 0 spiro atoms. The smallest absolute Gasteiger partial charge is 0.119 e. The van der Waals surface area contributed by atoms with E-state index < -0.39 is 0 Å². The summed E-state index contributed by atoms with van der Waals surface area (Å²) in [5, 5.41) is 9.52.